The predicted molar refractivity (Wildman–Crippen MR) is 76.9 cm³/mol. The number of carbonyl (C=O) groups is 2. The van der Waals surface area contributed by atoms with Crippen molar-refractivity contribution in [1.29, 1.82) is 0 Å². The molecule has 20 heavy (non-hydrogen) atoms. The normalized spacial score (nSPS) is 11.9. The zero-order valence-electron chi connectivity index (χ0n) is 11.9. The Balaban J connectivity index is 2.79. The van der Waals surface area contributed by atoms with Crippen LogP contribution in [-0.2, 0) is 4.79 Å². The molecule has 5 heteroatoms. The molecule has 1 aromatic carbocycles. The van der Waals surface area contributed by atoms with Crippen LogP contribution in [0.4, 0.5) is 10.1 Å². The summed E-state index contributed by atoms with van der Waals surface area (Å²) in [6.07, 6.45) is 3.59. The number of rotatable bonds is 7. The van der Waals surface area contributed by atoms with Crippen molar-refractivity contribution >= 4 is 17.5 Å². The van der Waals surface area contributed by atoms with E-state index in [4.69, 9.17) is 5.73 Å². The SMILES string of the molecule is CCCC[C@H](CC)C(=O)Nc1ccc(F)c(C(N)=O)c1. The number of nitrogens with one attached hydrogen (secondary N) is 1. The van der Waals surface area contributed by atoms with Gasteiger partial charge in [-0.3, -0.25) is 9.59 Å². The highest BCUT2D eigenvalue weighted by Crippen LogP contribution is 2.18. The minimum Gasteiger partial charge on any atom is -0.366 e. The van der Waals surface area contributed by atoms with Gasteiger partial charge in [0.2, 0.25) is 5.91 Å². The van der Waals surface area contributed by atoms with Crippen LogP contribution >= 0.6 is 0 Å². The zero-order chi connectivity index (χ0) is 15.1. The molecule has 110 valence electrons. The van der Waals surface area contributed by atoms with Gasteiger partial charge in [-0.05, 0) is 31.0 Å². The summed E-state index contributed by atoms with van der Waals surface area (Å²) in [6.45, 7) is 4.03. The van der Waals surface area contributed by atoms with E-state index in [-0.39, 0.29) is 17.4 Å². The largest absolute Gasteiger partial charge is 0.366 e. The third kappa shape index (κ3) is 4.33. The number of amides is 2. The predicted octanol–water partition coefficient (Wildman–Crippen LogP) is 3.08. The van der Waals surface area contributed by atoms with E-state index in [2.05, 4.69) is 12.2 Å². The molecule has 3 N–H and O–H groups in total. The van der Waals surface area contributed by atoms with Gasteiger partial charge < -0.3 is 11.1 Å². The quantitative estimate of drug-likeness (QED) is 0.805. The minimum atomic E-state index is -0.850. The van der Waals surface area contributed by atoms with E-state index >= 15 is 0 Å². The van der Waals surface area contributed by atoms with E-state index in [1.807, 2.05) is 6.92 Å². The average Bonchev–Trinajstić information content (AvgIpc) is 2.41. The number of benzene rings is 1. The summed E-state index contributed by atoms with van der Waals surface area (Å²) in [5.74, 6) is -1.72. The molecule has 0 aliphatic heterocycles. The molecule has 1 atom stereocenters. The van der Waals surface area contributed by atoms with Crippen molar-refractivity contribution in [2.45, 2.75) is 39.5 Å². The van der Waals surface area contributed by atoms with Crippen LogP contribution < -0.4 is 11.1 Å². The Morgan fingerprint density at radius 3 is 2.60 bits per heavy atom. The molecule has 0 saturated carbocycles. The second kappa shape index (κ2) is 7.62. The summed E-state index contributed by atoms with van der Waals surface area (Å²) in [6, 6.07) is 3.82. The number of nitrogens with two attached hydrogens (primary N) is 1. The number of primary amides is 1. The summed E-state index contributed by atoms with van der Waals surface area (Å²) in [4.78, 5) is 23.2. The molecule has 0 radical (unpaired) electrons. The van der Waals surface area contributed by atoms with Crippen LogP contribution in [0.25, 0.3) is 0 Å². The van der Waals surface area contributed by atoms with E-state index in [9.17, 15) is 14.0 Å². The minimum absolute atomic E-state index is 0.0722. The van der Waals surface area contributed by atoms with Gasteiger partial charge in [-0.15, -0.1) is 0 Å². The van der Waals surface area contributed by atoms with Gasteiger partial charge >= 0.3 is 0 Å². The number of unbranched alkanes of at least 4 members (excludes halogenated alkanes) is 1. The Hall–Kier alpha value is -1.91. The van der Waals surface area contributed by atoms with E-state index in [0.717, 1.165) is 31.7 Å². The molecule has 4 nitrogen and oxygen atoms in total. The van der Waals surface area contributed by atoms with E-state index < -0.39 is 11.7 Å². The third-order valence-electron chi connectivity index (χ3n) is 3.27. The first kappa shape index (κ1) is 16.1. The summed E-state index contributed by atoms with van der Waals surface area (Å²) in [5, 5.41) is 2.71. The van der Waals surface area contributed by atoms with Gasteiger partial charge in [0.05, 0.1) is 5.56 Å². The molecule has 0 heterocycles. The smallest absolute Gasteiger partial charge is 0.251 e. The fourth-order valence-electron chi connectivity index (χ4n) is 2.01. The van der Waals surface area contributed by atoms with Crippen molar-refractivity contribution in [3.05, 3.63) is 29.6 Å². The average molecular weight is 280 g/mol. The molecule has 1 rings (SSSR count). The summed E-state index contributed by atoms with van der Waals surface area (Å²) in [7, 11) is 0. The second-order valence-electron chi connectivity index (χ2n) is 4.80. The number of hydrogen-bond donors (Lipinski definition) is 2. The van der Waals surface area contributed by atoms with Crippen molar-refractivity contribution in [1.82, 2.24) is 0 Å². The molecular weight excluding hydrogens is 259 g/mol. The van der Waals surface area contributed by atoms with Crippen LogP contribution in [0.1, 0.15) is 49.9 Å². The van der Waals surface area contributed by atoms with E-state index in [1.165, 1.54) is 12.1 Å². The van der Waals surface area contributed by atoms with Crippen LogP contribution in [0.2, 0.25) is 0 Å². The van der Waals surface area contributed by atoms with Crippen molar-refractivity contribution in [3.63, 3.8) is 0 Å². The van der Waals surface area contributed by atoms with Crippen molar-refractivity contribution in [3.8, 4) is 0 Å². The number of carbonyl (C=O) groups excluding carboxylic acids is 2. The first-order chi connectivity index (χ1) is 9.49. The highest BCUT2D eigenvalue weighted by Gasteiger charge is 2.17. The van der Waals surface area contributed by atoms with Gasteiger partial charge in [0.25, 0.3) is 5.91 Å². The Labute approximate surface area is 118 Å². The lowest BCUT2D eigenvalue weighted by molar-refractivity contribution is -0.120. The van der Waals surface area contributed by atoms with Crippen LogP contribution in [0.15, 0.2) is 18.2 Å². The second-order valence-corrected chi connectivity index (χ2v) is 4.80. The first-order valence-electron chi connectivity index (χ1n) is 6.89. The van der Waals surface area contributed by atoms with Crippen molar-refractivity contribution in [2.24, 2.45) is 11.7 Å². The maximum Gasteiger partial charge on any atom is 0.251 e. The van der Waals surface area contributed by atoms with Gasteiger partial charge in [0.15, 0.2) is 0 Å². The van der Waals surface area contributed by atoms with E-state index in [0.29, 0.717) is 5.69 Å². The Bertz CT molecular complexity index is 489. The lowest BCUT2D eigenvalue weighted by Crippen LogP contribution is -2.23. The molecular formula is C15H21FN2O2. The molecule has 0 aliphatic carbocycles. The molecule has 0 spiro atoms. The molecule has 0 saturated heterocycles. The molecule has 0 fully saturated rings. The summed E-state index contributed by atoms with van der Waals surface area (Å²) in [5.41, 5.74) is 5.25. The van der Waals surface area contributed by atoms with Gasteiger partial charge in [0.1, 0.15) is 5.82 Å². The van der Waals surface area contributed by atoms with Crippen LogP contribution in [0.3, 0.4) is 0 Å². The monoisotopic (exact) mass is 280 g/mol. The molecule has 2 amide bonds. The lowest BCUT2D eigenvalue weighted by atomic mass is 9.98. The molecule has 0 unspecified atom stereocenters. The van der Waals surface area contributed by atoms with Crippen LogP contribution in [0.5, 0.6) is 0 Å². The summed E-state index contributed by atoms with van der Waals surface area (Å²) < 4.78 is 13.3. The Morgan fingerprint density at radius 1 is 1.35 bits per heavy atom. The highest BCUT2D eigenvalue weighted by molar-refractivity contribution is 5.97. The summed E-state index contributed by atoms with van der Waals surface area (Å²) >= 11 is 0. The Kier molecular flexibility index (Phi) is 6.15. The number of halogens is 1. The van der Waals surface area contributed by atoms with E-state index in [1.54, 1.807) is 0 Å². The first-order valence-corrected chi connectivity index (χ1v) is 6.89. The molecule has 1 aromatic rings. The van der Waals surface area contributed by atoms with Gasteiger partial charge in [-0.1, -0.05) is 26.7 Å². The fraction of sp³-hybridized carbons (Fsp3) is 0.467. The number of anilines is 1. The van der Waals surface area contributed by atoms with Gasteiger partial charge in [-0.2, -0.15) is 0 Å². The standard InChI is InChI=1S/C15H21FN2O2/c1-3-5-6-10(4-2)15(20)18-11-7-8-13(16)12(9-11)14(17)19/h7-10H,3-6H2,1-2H3,(H2,17,19)(H,18,20)/t10-/m0/s1. The lowest BCUT2D eigenvalue weighted by Gasteiger charge is -2.15. The number of hydrogen-bond acceptors (Lipinski definition) is 2. The zero-order valence-corrected chi connectivity index (χ0v) is 11.9. The maximum absolute atomic E-state index is 13.3. The van der Waals surface area contributed by atoms with Crippen molar-refractivity contribution in [2.75, 3.05) is 5.32 Å². The third-order valence-corrected chi connectivity index (χ3v) is 3.27. The molecule has 0 aliphatic rings. The highest BCUT2D eigenvalue weighted by atomic mass is 19.1. The Morgan fingerprint density at radius 2 is 2.05 bits per heavy atom. The van der Waals surface area contributed by atoms with Gasteiger partial charge in [-0.25, -0.2) is 4.39 Å². The van der Waals surface area contributed by atoms with Gasteiger partial charge in [0, 0.05) is 11.6 Å². The van der Waals surface area contributed by atoms with Crippen LogP contribution in [0, 0.1) is 11.7 Å². The topological polar surface area (TPSA) is 72.2 Å². The maximum atomic E-state index is 13.3. The molecule has 0 aromatic heterocycles. The fourth-order valence-corrected chi connectivity index (χ4v) is 2.01. The molecule has 0 bridgehead atoms. The van der Waals surface area contributed by atoms with Crippen molar-refractivity contribution < 1.29 is 14.0 Å². The van der Waals surface area contributed by atoms with Crippen LogP contribution in [-0.4, -0.2) is 11.8 Å².